The van der Waals surface area contributed by atoms with E-state index in [1.165, 1.54) is 31.6 Å². The van der Waals surface area contributed by atoms with Crippen LogP contribution >= 0.6 is 0 Å². The highest BCUT2D eigenvalue weighted by Crippen LogP contribution is 2.37. The van der Waals surface area contributed by atoms with Crippen molar-refractivity contribution >= 4 is 28.3 Å². The molecule has 0 saturated carbocycles. The van der Waals surface area contributed by atoms with Crippen LogP contribution in [0.2, 0.25) is 0 Å². The third-order valence-electron chi connectivity index (χ3n) is 5.60. The van der Waals surface area contributed by atoms with Crippen molar-refractivity contribution in [2.45, 2.75) is 25.1 Å². The summed E-state index contributed by atoms with van der Waals surface area (Å²) in [4.78, 5) is 22.0. The molecular weight excluding hydrogens is 449 g/mol. The molecule has 0 spiro atoms. The van der Waals surface area contributed by atoms with Gasteiger partial charge < -0.3 is 19.7 Å². The second-order valence-corrected chi connectivity index (χ2v) is 7.79. The van der Waals surface area contributed by atoms with Crippen LogP contribution in [0, 0.1) is 0 Å². The number of hydrogen-bond donors (Lipinski definition) is 1. The maximum atomic E-state index is 13.1. The fourth-order valence-corrected chi connectivity index (χ4v) is 3.83. The lowest BCUT2D eigenvalue weighted by Crippen LogP contribution is -2.41. The number of nitrogens with zero attached hydrogens (tertiary/aromatic N) is 3. The van der Waals surface area contributed by atoms with E-state index in [2.05, 4.69) is 21.9 Å². The van der Waals surface area contributed by atoms with Crippen LogP contribution in [-0.2, 0) is 11.0 Å². The zero-order chi connectivity index (χ0) is 24.3. The molecule has 4 rings (SSSR count). The van der Waals surface area contributed by atoms with E-state index in [0.29, 0.717) is 54.2 Å². The van der Waals surface area contributed by atoms with Gasteiger partial charge in [0.25, 0.3) is 0 Å². The van der Waals surface area contributed by atoms with E-state index in [1.807, 2.05) is 0 Å². The predicted molar refractivity (Wildman–Crippen MR) is 121 cm³/mol. The number of nitrogens with one attached hydrogen (secondary N) is 1. The van der Waals surface area contributed by atoms with Gasteiger partial charge in [0.15, 0.2) is 11.5 Å². The minimum atomic E-state index is -4.45. The average molecular weight is 472 g/mol. The first-order valence-electron chi connectivity index (χ1n) is 10.6. The minimum absolute atomic E-state index is 0.107. The number of piperidine rings is 1. The standard InChI is InChI=1S/C24H23F3N4O3/c1-3-22(32)31-9-7-17(8-10-31)34-21-12-18-19(13-20(21)33-2)28-14-29-23(18)30-16-6-4-5-15(11-16)24(25,26)27/h3-6,11-14,17H,1,7-10H2,2H3,(H,28,29,30). The van der Waals surface area contributed by atoms with E-state index < -0.39 is 11.7 Å². The van der Waals surface area contributed by atoms with Gasteiger partial charge in [-0.1, -0.05) is 12.6 Å². The van der Waals surface area contributed by atoms with Crippen LogP contribution in [0.15, 0.2) is 55.4 Å². The van der Waals surface area contributed by atoms with Crippen molar-refractivity contribution in [3.8, 4) is 11.5 Å². The van der Waals surface area contributed by atoms with Crippen LogP contribution < -0.4 is 14.8 Å². The maximum Gasteiger partial charge on any atom is 0.416 e. The largest absolute Gasteiger partial charge is 0.493 e. The number of aromatic nitrogens is 2. The Morgan fingerprint density at radius 1 is 1.18 bits per heavy atom. The zero-order valence-corrected chi connectivity index (χ0v) is 18.4. The summed E-state index contributed by atoms with van der Waals surface area (Å²) in [7, 11) is 1.52. The molecule has 0 unspecified atom stereocenters. The van der Waals surface area contributed by atoms with Gasteiger partial charge in [-0.15, -0.1) is 0 Å². The molecular formula is C24H23F3N4O3. The fourth-order valence-electron chi connectivity index (χ4n) is 3.83. The van der Waals surface area contributed by atoms with Crippen LogP contribution in [0.3, 0.4) is 0 Å². The Labute approximate surface area is 194 Å². The van der Waals surface area contributed by atoms with Gasteiger partial charge in [0, 0.05) is 43.1 Å². The number of amides is 1. The summed E-state index contributed by atoms with van der Waals surface area (Å²) in [6, 6.07) is 8.30. The van der Waals surface area contributed by atoms with Gasteiger partial charge in [0.05, 0.1) is 18.2 Å². The molecule has 10 heteroatoms. The molecule has 0 aliphatic carbocycles. The summed E-state index contributed by atoms with van der Waals surface area (Å²) in [6.07, 6.45) is -0.685. The first-order valence-corrected chi connectivity index (χ1v) is 10.6. The quantitative estimate of drug-likeness (QED) is 0.512. The summed E-state index contributed by atoms with van der Waals surface area (Å²) in [5, 5.41) is 3.52. The second-order valence-electron chi connectivity index (χ2n) is 7.79. The Morgan fingerprint density at radius 3 is 2.62 bits per heavy atom. The molecule has 1 N–H and O–H groups in total. The molecule has 1 fully saturated rings. The Hall–Kier alpha value is -3.82. The van der Waals surface area contributed by atoms with Gasteiger partial charge in [-0.05, 0) is 30.3 Å². The monoisotopic (exact) mass is 472 g/mol. The molecule has 0 bridgehead atoms. The number of benzene rings is 2. The number of likely N-dealkylation sites (tertiary alicyclic amines) is 1. The Balaban J connectivity index is 1.60. The van der Waals surface area contributed by atoms with Crippen molar-refractivity contribution in [1.29, 1.82) is 0 Å². The summed E-state index contributed by atoms with van der Waals surface area (Å²) in [5.41, 5.74) is 0.0234. The van der Waals surface area contributed by atoms with Crippen LogP contribution in [-0.4, -0.2) is 47.1 Å². The average Bonchev–Trinajstić information content (AvgIpc) is 2.83. The van der Waals surface area contributed by atoms with Crippen LogP contribution in [0.5, 0.6) is 11.5 Å². The van der Waals surface area contributed by atoms with Gasteiger partial charge in [-0.2, -0.15) is 13.2 Å². The molecule has 3 aromatic rings. The smallest absolute Gasteiger partial charge is 0.416 e. The highest BCUT2D eigenvalue weighted by Gasteiger charge is 2.30. The first kappa shape index (κ1) is 23.3. The van der Waals surface area contributed by atoms with Gasteiger partial charge in [0.2, 0.25) is 5.91 Å². The number of methoxy groups -OCH3 is 1. The Morgan fingerprint density at radius 2 is 1.94 bits per heavy atom. The number of rotatable bonds is 6. The molecule has 7 nitrogen and oxygen atoms in total. The third-order valence-corrected chi connectivity index (χ3v) is 5.60. The van der Waals surface area contributed by atoms with Crippen molar-refractivity contribution in [3.05, 3.63) is 60.9 Å². The highest BCUT2D eigenvalue weighted by molar-refractivity contribution is 5.93. The lowest BCUT2D eigenvalue weighted by molar-refractivity contribution is -0.137. The van der Waals surface area contributed by atoms with Crippen LogP contribution in [0.4, 0.5) is 24.7 Å². The van der Waals surface area contributed by atoms with Crippen LogP contribution in [0.1, 0.15) is 18.4 Å². The van der Waals surface area contributed by atoms with Crippen molar-refractivity contribution < 1.29 is 27.4 Å². The molecule has 1 aromatic heterocycles. The summed E-state index contributed by atoms with van der Waals surface area (Å²) >= 11 is 0. The number of anilines is 2. The van der Waals surface area contributed by atoms with E-state index in [1.54, 1.807) is 17.0 Å². The predicted octanol–water partition coefficient (Wildman–Crippen LogP) is 4.96. The van der Waals surface area contributed by atoms with E-state index in [9.17, 15) is 18.0 Å². The zero-order valence-electron chi connectivity index (χ0n) is 18.4. The fraction of sp³-hybridized carbons (Fsp3) is 0.292. The first-order chi connectivity index (χ1) is 16.3. The Kier molecular flexibility index (Phi) is 6.58. The number of carbonyl (C=O) groups excluding carboxylic acids is 1. The summed E-state index contributed by atoms with van der Waals surface area (Å²) < 4.78 is 51.0. The van der Waals surface area contributed by atoms with Gasteiger partial charge in [0.1, 0.15) is 18.2 Å². The minimum Gasteiger partial charge on any atom is -0.493 e. The van der Waals surface area contributed by atoms with Gasteiger partial charge in [-0.3, -0.25) is 4.79 Å². The summed E-state index contributed by atoms with van der Waals surface area (Å²) in [6.45, 7) is 4.62. The molecule has 34 heavy (non-hydrogen) atoms. The lowest BCUT2D eigenvalue weighted by Gasteiger charge is -2.31. The molecule has 178 valence electrons. The van der Waals surface area contributed by atoms with E-state index >= 15 is 0 Å². The van der Waals surface area contributed by atoms with Crippen molar-refractivity contribution in [2.75, 3.05) is 25.5 Å². The van der Waals surface area contributed by atoms with Crippen molar-refractivity contribution in [1.82, 2.24) is 14.9 Å². The Bertz CT molecular complexity index is 1210. The molecule has 2 aromatic carbocycles. The van der Waals surface area contributed by atoms with Crippen molar-refractivity contribution in [2.24, 2.45) is 0 Å². The normalized spacial score (nSPS) is 14.6. The van der Waals surface area contributed by atoms with Gasteiger partial charge >= 0.3 is 6.18 Å². The number of ether oxygens (including phenoxy) is 2. The third kappa shape index (κ3) is 5.05. The number of carbonyl (C=O) groups is 1. The number of halogens is 3. The van der Waals surface area contributed by atoms with Gasteiger partial charge in [-0.25, -0.2) is 9.97 Å². The highest BCUT2D eigenvalue weighted by atomic mass is 19.4. The molecule has 1 amide bonds. The topological polar surface area (TPSA) is 76.6 Å². The molecule has 1 saturated heterocycles. The number of fused-ring (bicyclic) bond motifs is 1. The van der Waals surface area contributed by atoms with Crippen molar-refractivity contribution in [3.63, 3.8) is 0 Å². The molecule has 1 aliphatic heterocycles. The van der Waals surface area contributed by atoms with E-state index in [0.717, 1.165) is 12.1 Å². The van der Waals surface area contributed by atoms with Crippen LogP contribution in [0.25, 0.3) is 10.9 Å². The second kappa shape index (κ2) is 9.58. The SMILES string of the molecule is C=CC(=O)N1CCC(Oc2cc3c(Nc4cccc(C(F)(F)F)c4)ncnc3cc2OC)CC1. The lowest BCUT2D eigenvalue weighted by atomic mass is 10.1. The molecule has 1 aliphatic rings. The number of alkyl halides is 3. The molecule has 0 atom stereocenters. The molecule has 2 heterocycles. The van der Waals surface area contributed by atoms with E-state index in [-0.39, 0.29) is 17.7 Å². The molecule has 0 radical (unpaired) electrons. The van der Waals surface area contributed by atoms with E-state index in [4.69, 9.17) is 9.47 Å². The number of hydrogen-bond acceptors (Lipinski definition) is 6. The summed E-state index contributed by atoms with van der Waals surface area (Å²) in [5.74, 6) is 1.17. The maximum absolute atomic E-state index is 13.1.